The molecule has 1 N–H and O–H groups in total. The molecule has 3 rings (SSSR count). The molecule has 0 fully saturated rings. The average Bonchev–Trinajstić information content (AvgIpc) is 2.97. The topological polar surface area (TPSA) is 38.0 Å². The van der Waals surface area contributed by atoms with E-state index in [1.54, 1.807) is 0 Å². The second-order valence-electron chi connectivity index (χ2n) is 7.42. The zero-order valence-electron chi connectivity index (χ0n) is 16.4. The van der Waals surface area contributed by atoms with Gasteiger partial charge in [-0.25, -0.2) is 4.98 Å². The van der Waals surface area contributed by atoms with Crippen LogP contribution in [0.4, 0.5) is 0 Å². The van der Waals surface area contributed by atoms with Crippen molar-refractivity contribution in [2.45, 2.75) is 59.4 Å². The van der Waals surface area contributed by atoms with Crippen molar-refractivity contribution in [1.82, 2.24) is 9.55 Å². The molecular weight excluding hydrogens is 320 g/mol. The average molecular weight is 351 g/mol. The first-order chi connectivity index (χ1) is 12.5. The highest BCUT2D eigenvalue weighted by atomic mass is 16.2. The molecule has 0 spiro atoms. The molecule has 0 aliphatic carbocycles. The summed E-state index contributed by atoms with van der Waals surface area (Å²) >= 11 is 0. The minimum absolute atomic E-state index is 0.199. The fourth-order valence-corrected chi connectivity index (χ4v) is 3.40. The molecule has 3 aromatic rings. The molecule has 0 amide bonds. The van der Waals surface area contributed by atoms with Crippen LogP contribution in [-0.2, 0) is 13.0 Å². The van der Waals surface area contributed by atoms with E-state index >= 15 is 0 Å². The molecule has 0 saturated heterocycles. The van der Waals surface area contributed by atoms with Crippen molar-refractivity contribution in [3.05, 3.63) is 64.5 Å². The minimum atomic E-state index is 0.199. The van der Waals surface area contributed by atoms with Gasteiger partial charge in [-0.2, -0.15) is 0 Å². The Labute approximate surface area is 156 Å². The highest BCUT2D eigenvalue weighted by Gasteiger charge is 2.13. The van der Waals surface area contributed by atoms with E-state index < -0.39 is 0 Å². The Bertz CT molecular complexity index is 877. The Balaban J connectivity index is 1.97. The van der Waals surface area contributed by atoms with E-state index in [1.165, 1.54) is 27.8 Å². The van der Waals surface area contributed by atoms with Gasteiger partial charge in [-0.15, -0.1) is 0 Å². The maximum Gasteiger partial charge on any atom is 0.110 e. The number of aliphatic hydroxyl groups is 1. The Kier molecular flexibility index (Phi) is 5.77. The lowest BCUT2D eigenvalue weighted by Crippen LogP contribution is -2.06. The van der Waals surface area contributed by atoms with Gasteiger partial charge in [0, 0.05) is 19.6 Å². The number of nitrogens with zero attached hydrogens (tertiary/aromatic N) is 2. The second-order valence-corrected chi connectivity index (χ2v) is 7.42. The summed E-state index contributed by atoms with van der Waals surface area (Å²) in [5.74, 6) is 1.66. The lowest BCUT2D eigenvalue weighted by atomic mass is 9.97. The number of benzene rings is 2. The molecule has 3 heteroatoms. The van der Waals surface area contributed by atoms with Crippen LogP contribution in [0.1, 0.15) is 60.7 Å². The van der Waals surface area contributed by atoms with Crippen molar-refractivity contribution in [3.63, 3.8) is 0 Å². The molecule has 1 aromatic heterocycles. The summed E-state index contributed by atoms with van der Waals surface area (Å²) in [5.41, 5.74) is 7.50. The Hall–Kier alpha value is -2.13. The molecule has 1 unspecified atom stereocenters. The summed E-state index contributed by atoms with van der Waals surface area (Å²) in [5, 5.41) is 9.24. The number of fused-ring (bicyclic) bond motifs is 1. The molecule has 138 valence electrons. The van der Waals surface area contributed by atoms with Crippen LogP contribution < -0.4 is 0 Å². The normalized spacial score (nSPS) is 12.7. The van der Waals surface area contributed by atoms with Gasteiger partial charge in [0.25, 0.3) is 0 Å². The third kappa shape index (κ3) is 3.83. The molecule has 2 aromatic carbocycles. The quantitative estimate of drug-likeness (QED) is 0.641. The summed E-state index contributed by atoms with van der Waals surface area (Å²) in [7, 11) is 0. The van der Waals surface area contributed by atoms with Crippen LogP contribution in [0.25, 0.3) is 11.0 Å². The van der Waals surface area contributed by atoms with Crippen LogP contribution >= 0.6 is 0 Å². The molecule has 0 aliphatic rings. The smallest absolute Gasteiger partial charge is 0.110 e. The van der Waals surface area contributed by atoms with Crippen molar-refractivity contribution in [1.29, 1.82) is 0 Å². The summed E-state index contributed by atoms with van der Waals surface area (Å²) in [6.07, 6.45) is 2.71. The van der Waals surface area contributed by atoms with Gasteiger partial charge in [-0.05, 0) is 67.0 Å². The molecule has 26 heavy (non-hydrogen) atoms. The highest BCUT2D eigenvalue weighted by Crippen LogP contribution is 2.24. The van der Waals surface area contributed by atoms with E-state index in [-0.39, 0.29) is 6.61 Å². The van der Waals surface area contributed by atoms with Gasteiger partial charge >= 0.3 is 0 Å². The van der Waals surface area contributed by atoms with Crippen molar-refractivity contribution in [2.75, 3.05) is 6.61 Å². The number of hydrogen-bond acceptors (Lipinski definition) is 2. The Morgan fingerprint density at radius 1 is 1.08 bits per heavy atom. The maximum atomic E-state index is 9.24. The van der Waals surface area contributed by atoms with Gasteiger partial charge in [0.15, 0.2) is 0 Å². The van der Waals surface area contributed by atoms with Crippen LogP contribution in [0.5, 0.6) is 0 Å². The van der Waals surface area contributed by atoms with Crippen LogP contribution in [-0.4, -0.2) is 21.3 Å². The predicted octanol–water partition coefficient (Wildman–Crippen LogP) is 5.14. The highest BCUT2D eigenvalue weighted by molar-refractivity contribution is 5.78. The number of rotatable bonds is 7. The zero-order valence-corrected chi connectivity index (χ0v) is 16.4. The number of hydrogen-bond donors (Lipinski definition) is 1. The van der Waals surface area contributed by atoms with E-state index in [1.807, 2.05) is 0 Å². The molecular formula is C23H30N2O. The summed E-state index contributed by atoms with van der Waals surface area (Å²) in [4.78, 5) is 4.86. The second kappa shape index (κ2) is 8.05. The van der Waals surface area contributed by atoms with E-state index in [9.17, 15) is 5.11 Å². The third-order valence-corrected chi connectivity index (χ3v) is 5.50. The predicted molar refractivity (Wildman–Crippen MR) is 109 cm³/mol. The first-order valence-electron chi connectivity index (χ1n) is 9.69. The van der Waals surface area contributed by atoms with Crippen LogP contribution in [0.2, 0.25) is 0 Å². The van der Waals surface area contributed by atoms with Crippen LogP contribution in [0.15, 0.2) is 36.4 Å². The van der Waals surface area contributed by atoms with E-state index in [4.69, 9.17) is 4.98 Å². The van der Waals surface area contributed by atoms with Gasteiger partial charge in [-0.1, -0.05) is 38.1 Å². The Morgan fingerprint density at radius 2 is 1.77 bits per heavy atom. The molecule has 1 atom stereocenters. The van der Waals surface area contributed by atoms with Crippen LogP contribution in [0.3, 0.4) is 0 Å². The van der Waals surface area contributed by atoms with Gasteiger partial charge in [0.05, 0.1) is 11.0 Å². The zero-order chi connectivity index (χ0) is 18.7. The largest absolute Gasteiger partial charge is 0.396 e. The van der Waals surface area contributed by atoms with E-state index in [2.05, 4.69) is 68.7 Å². The van der Waals surface area contributed by atoms with Crippen molar-refractivity contribution in [3.8, 4) is 0 Å². The molecule has 0 bridgehead atoms. The van der Waals surface area contributed by atoms with Gasteiger partial charge in [-0.3, -0.25) is 0 Å². The number of aromatic nitrogens is 2. The molecule has 3 nitrogen and oxygen atoms in total. The van der Waals surface area contributed by atoms with Crippen LogP contribution in [0, 0.1) is 13.8 Å². The Morgan fingerprint density at radius 3 is 2.42 bits per heavy atom. The first kappa shape index (κ1) is 18.7. The number of aryl methyl sites for hydroxylation is 3. The lowest BCUT2D eigenvalue weighted by Gasteiger charge is -2.12. The van der Waals surface area contributed by atoms with Gasteiger partial charge in [0.1, 0.15) is 5.82 Å². The van der Waals surface area contributed by atoms with Gasteiger partial charge < -0.3 is 9.67 Å². The number of imidazole rings is 1. The fraction of sp³-hybridized carbons (Fsp3) is 0.435. The fourth-order valence-electron chi connectivity index (χ4n) is 3.40. The molecule has 1 heterocycles. The van der Waals surface area contributed by atoms with E-state index in [0.717, 1.165) is 37.1 Å². The van der Waals surface area contributed by atoms with Crippen molar-refractivity contribution < 1.29 is 5.11 Å². The van der Waals surface area contributed by atoms with Crippen molar-refractivity contribution in [2.24, 2.45) is 0 Å². The molecule has 0 radical (unpaired) electrons. The van der Waals surface area contributed by atoms with Crippen molar-refractivity contribution >= 4 is 11.0 Å². The third-order valence-electron chi connectivity index (χ3n) is 5.50. The number of aliphatic hydroxyl groups excluding tert-OH is 1. The summed E-state index contributed by atoms with van der Waals surface area (Å²) < 4.78 is 2.32. The minimum Gasteiger partial charge on any atom is -0.396 e. The SMILES string of the molecule is CCC(C)c1ccc(Cn2c(CCCO)nc3cc(C)c(C)cc32)cc1. The summed E-state index contributed by atoms with van der Waals surface area (Å²) in [6.45, 7) is 9.81. The standard InChI is InChI=1S/C23H30N2O/c1-5-16(2)20-10-8-19(9-11-20)15-25-22-14-18(4)17(3)13-21(22)24-23(25)7-6-12-26/h8-11,13-14,16,26H,5-7,12,15H2,1-4H3. The molecule has 0 aliphatic heterocycles. The van der Waals surface area contributed by atoms with Gasteiger partial charge in [0.2, 0.25) is 0 Å². The maximum absolute atomic E-state index is 9.24. The molecule has 0 saturated carbocycles. The van der Waals surface area contributed by atoms with E-state index in [0.29, 0.717) is 5.92 Å². The first-order valence-corrected chi connectivity index (χ1v) is 9.69. The monoisotopic (exact) mass is 350 g/mol. The lowest BCUT2D eigenvalue weighted by molar-refractivity contribution is 0.287. The summed E-state index contributed by atoms with van der Waals surface area (Å²) in [6, 6.07) is 13.4.